The van der Waals surface area contributed by atoms with E-state index in [4.69, 9.17) is 18.9 Å². The molecule has 23 heavy (non-hydrogen) atoms. The summed E-state index contributed by atoms with van der Waals surface area (Å²) in [6.45, 7) is 6.05. The van der Waals surface area contributed by atoms with Crippen molar-refractivity contribution in [2.45, 2.75) is 69.9 Å². The molecule has 0 saturated carbocycles. The van der Waals surface area contributed by atoms with Gasteiger partial charge in [0.25, 0.3) is 0 Å². The first kappa shape index (κ1) is 17.9. The Morgan fingerprint density at radius 3 is 2.26 bits per heavy atom. The van der Waals surface area contributed by atoms with Gasteiger partial charge < -0.3 is 18.9 Å². The van der Waals surface area contributed by atoms with Crippen molar-refractivity contribution in [3.8, 4) is 0 Å². The third kappa shape index (κ3) is 5.04. The minimum absolute atomic E-state index is 0.217. The highest BCUT2D eigenvalue weighted by atomic mass is 16.7. The molecule has 0 amide bonds. The van der Waals surface area contributed by atoms with E-state index in [9.17, 15) is 9.59 Å². The van der Waals surface area contributed by atoms with E-state index >= 15 is 0 Å². The molecule has 0 unspecified atom stereocenters. The van der Waals surface area contributed by atoms with E-state index in [2.05, 4.69) is 13.5 Å². The topological polar surface area (TPSA) is 71.1 Å². The maximum absolute atomic E-state index is 11.9. The normalized spacial score (nSPS) is 29.1. The van der Waals surface area contributed by atoms with Gasteiger partial charge in [0.05, 0.1) is 13.2 Å². The molecule has 0 bridgehead atoms. The lowest BCUT2D eigenvalue weighted by molar-refractivity contribution is -0.154. The number of esters is 2. The molecule has 2 fully saturated rings. The maximum Gasteiger partial charge on any atom is 0.330 e. The molecule has 130 valence electrons. The van der Waals surface area contributed by atoms with Gasteiger partial charge in [0.15, 0.2) is 12.2 Å². The summed E-state index contributed by atoms with van der Waals surface area (Å²) in [6, 6.07) is 0. The number of hydrogen-bond acceptors (Lipinski definition) is 6. The molecule has 0 aliphatic carbocycles. The average Bonchev–Trinajstić information content (AvgIpc) is 3.11. The van der Waals surface area contributed by atoms with Gasteiger partial charge in [-0.25, -0.2) is 4.79 Å². The Morgan fingerprint density at radius 2 is 1.65 bits per heavy atom. The molecule has 6 nitrogen and oxygen atoms in total. The largest absolute Gasteiger partial charge is 0.457 e. The predicted molar refractivity (Wildman–Crippen MR) is 82.8 cm³/mol. The number of carbonyl (C=O) groups excluding carboxylic acids is 2. The van der Waals surface area contributed by atoms with E-state index in [1.54, 1.807) is 0 Å². The second-order valence-corrected chi connectivity index (χ2v) is 5.97. The zero-order valence-corrected chi connectivity index (χ0v) is 13.7. The van der Waals surface area contributed by atoms with Gasteiger partial charge in [-0.05, 0) is 6.42 Å². The summed E-state index contributed by atoms with van der Waals surface area (Å²) < 4.78 is 21.8. The second-order valence-electron chi connectivity index (χ2n) is 5.97. The van der Waals surface area contributed by atoms with Gasteiger partial charge in [0.2, 0.25) is 0 Å². The van der Waals surface area contributed by atoms with Gasteiger partial charge in [-0.2, -0.15) is 0 Å². The SMILES string of the molecule is C=CC(=O)O[C@@H]1CO[C@H]2[C@@H]1OC[C@@H]2OC(=O)CCCCCCC. The summed E-state index contributed by atoms with van der Waals surface area (Å²) in [5.74, 6) is -0.721. The Bertz CT molecular complexity index is 421. The van der Waals surface area contributed by atoms with Crippen molar-refractivity contribution in [1.82, 2.24) is 0 Å². The molecule has 0 aromatic rings. The van der Waals surface area contributed by atoms with E-state index in [1.807, 2.05) is 0 Å². The maximum atomic E-state index is 11.9. The van der Waals surface area contributed by atoms with E-state index in [0.717, 1.165) is 25.3 Å². The summed E-state index contributed by atoms with van der Waals surface area (Å²) in [5.41, 5.74) is 0. The molecule has 0 aromatic carbocycles. The van der Waals surface area contributed by atoms with Crippen molar-refractivity contribution >= 4 is 11.9 Å². The first-order valence-electron chi connectivity index (χ1n) is 8.41. The third-order valence-electron chi connectivity index (χ3n) is 4.16. The predicted octanol–water partition coefficient (Wildman–Crippen LogP) is 2.15. The van der Waals surface area contributed by atoms with E-state index in [0.29, 0.717) is 6.42 Å². The molecule has 2 rings (SSSR count). The number of ether oxygens (including phenoxy) is 4. The Labute approximate surface area is 137 Å². The van der Waals surface area contributed by atoms with Crippen LogP contribution in [0.5, 0.6) is 0 Å². The number of unbranched alkanes of at least 4 members (excludes halogenated alkanes) is 4. The summed E-state index contributed by atoms with van der Waals surface area (Å²) >= 11 is 0. The molecule has 2 aliphatic rings. The quantitative estimate of drug-likeness (QED) is 0.367. The van der Waals surface area contributed by atoms with E-state index in [1.165, 1.54) is 12.8 Å². The Hall–Kier alpha value is -1.40. The molecule has 0 aromatic heterocycles. The highest BCUT2D eigenvalue weighted by Gasteiger charge is 2.50. The van der Waals surface area contributed by atoms with Crippen molar-refractivity contribution in [3.63, 3.8) is 0 Å². The number of fused-ring (bicyclic) bond motifs is 1. The van der Waals surface area contributed by atoms with Crippen LogP contribution in [0.1, 0.15) is 45.4 Å². The minimum atomic E-state index is -0.504. The van der Waals surface area contributed by atoms with Crippen LogP contribution in [0.3, 0.4) is 0 Å². The Kier molecular flexibility index (Phi) is 7.05. The van der Waals surface area contributed by atoms with Crippen molar-refractivity contribution in [2.24, 2.45) is 0 Å². The molecular formula is C17H26O6. The van der Waals surface area contributed by atoms with Gasteiger partial charge >= 0.3 is 11.9 Å². The Morgan fingerprint density at radius 1 is 1.04 bits per heavy atom. The first-order chi connectivity index (χ1) is 11.2. The fourth-order valence-corrected chi connectivity index (χ4v) is 2.93. The summed E-state index contributed by atoms with van der Waals surface area (Å²) in [4.78, 5) is 23.2. The summed E-state index contributed by atoms with van der Waals surface area (Å²) in [5, 5.41) is 0. The van der Waals surface area contributed by atoms with Crippen LogP contribution in [0.2, 0.25) is 0 Å². The minimum Gasteiger partial charge on any atom is -0.457 e. The van der Waals surface area contributed by atoms with Crippen LogP contribution in [-0.2, 0) is 28.5 Å². The molecular weight excluding hydrogens is 300 g/mol. The number of hydrogen-bond donors (Lipinski definition) is 0. The monoisotopic (exact) mass is 326 g/mol. The smallest absolute Gasteiger partial charge is 0.330 e. The van der Waals surface area contributed by atoms with Crippen LogP contribution in [0.25, 0.3) is 0 Å². The first-order valence-corrected chi connectivity index (χ1v) is 8.41. The lowest BCUT2D eigenvalue weighted by atomic mass is 10.1. The van der Waals surface area contributed by atoms with Gasteiger partial charge in [-0.15, -0.1) is 0 Å². The van der Waals surface area contributed by atoms with Crippen molar-refractivity contribution in [3.05, 3.63) is 12.7 Å². The van der Waals surface area contributed by atoms with Crippen LogP contribution < -0.4 is 0 Å². The van der Waals surface area contributed by atoms with Crippen molar-refractivity contribution in [1.29, 1.82) is 0 Å². The molecule has 0 N–H and O–H groups in total. The molecule has 0 radical (unpaired) electrons. The van der Waals surface area contributed by atoms with Gasteiger partial charge in [-0.1, -0.05) is 39.2 Å². The van der Waals surface area contributed by atoms with E-state index < -0.39 is 18.2 Å². The summed E-state index contributed by atoms with van der Waals surface area (Å²) in [7, 11) is 0. The number of rotatable bonds is 9. The highest BCUT2D eigenvalue weighted by Crippen LogP contribution is 2.30. The lowest BCUT2D eigenvalue weighted by Gasteiger charge is -2.17. The molecule has 2 saturated heterocycles. The van der Waals surface area contributed by atoms with Crippen LogP contribution >= 0.6 is 0 Å². The van der Waals surface area contributed by atoms with Crippen LogP contribution in [0, 0.1) is 0 Å². The van der Waals surface area contributed by atoms with Gasteiger partial charge in [0, 0.05) is 12.5 Å². The molecule has 0 spiro atoms. The lowest BCUT2D eigenvalue weighted by Crippen LogP contribution is -2.35. The summed E-state index contributed by atoms with van der Waals surface area (Å²) in [6.07, 6.45) is 5.34. The third-order valence-corrected chi connectivity index (χ3v) is 4.16. The van der Waals surface area contributed by atoms with Crippen LogP contribution in [0.4, 0.5) is 0 Å². The molecule has 6 heteroatoms. The van der Waals surface area contributed by atoms with Gasteiger partial charge in [0.1, 0.15) is 12.2 Å². The second kappa shape index (κ2) is 9.03. The molecule has 2 aliphatic heterocycles. The standard InChI is InChI=1S/C17H26O6/c1-3-5-6-7-8-9-15(19)23-13-11-21-16-12(10-20-17(13)16)22-14(18)4-2/h4,12-13,16-17H,2-3,5-11H2,1H3/t12-,13+,16-,17-/m1/s1. The molecule has 2 heterocycles. The van der Waals surface area contributed by atoms with Crippen molar-refractivity contribution in [2.75, 3.05) is 13.2 Å². The fraction of sp³-hybridized carbons (Fsp3) is 0.765. The highest BCUT2D eigenvalue weighted by molar-refractivity contribution is 5.81. The van der Waals surface area contributed by atoms with Crippen LogP contribution in [0.15, 0.2) is 12.7 Å². The zero-order chi connectivity index (χ0) is 16.7. The van der Waals surface area contributed by atoms with Crippen molar-refractivity contribution < 1.29 is 28.5 Å². The van der Waals surface area contributed by atoms with Gasteiger partial charge in [-0.3, -0.25) is 4.79 Å². The van der Waals surface area contributed by atoms with Crippen LogP contribution in [-0.4, -0.2) is 49.6 Å². The fourth-order valence-electron chi connectivity index (χ4n) is 2.93. The Balaban J connectivity index is 1.71. The number of carbonyl (C=O) groups is 2. The van der Waals surface area contributed by atoms with E-state index in [-0.39, 0.29) is 31.4 Å². The zero-order valence-electron chi connectivity index (χ0n) is 13.7. The average molecular weight is 326 g/mol. The molecule has 4 atom stereocenters.